The predicted octanol–water partition coefficient (Wildman–Crippen LogP) is 3.04. The number of benzene rings is 1. The van der Waals surface area contributed by atoms with E-state index in [1.165, 1.54) is 17.1 Å². The smallest absolute Gasteiger partial charge is 0.298 e. The lowest BCUT2D eigenvalue weighted by Gasteiger charge is -2.06. The molecule has 2 N–H and O–H groups in total. The molecule has 0 aliphatic heterocycles. The number of aryl methyl sites for hydroxylation is 2. The molecule has 1 aromatic carbocycles. The van der Waals surface area contributed by atoms with E-state index >= 15 is 0 Å². The van der Waals surface area contributed by atoms with E-state index in [1.807, 2.05) is 25.1 Å². The molecule has 0 unspecified atom stereocenters. The normalized spacial score (nSPS) is 10.5. The van der Waals surface area contributed by atoms with Gasteiger partial charge >= 0.3 is 0 Å². The molecule has 0 atom stereocenters. The Hall–Kier alpha value is -1.62. The van der Waals surface area contributed by atoms with Crippen molar-refractivity contribution >= 4 is 17.2 Å². The average Bonchev–Trinajstić information content (AvgIpc) is 2.79. The van der Waals surface area contributed by atoms with Gasteiger partial charge in [0.1, 0.15) is 5.82 Å². The Balaban J connectivity index is 2.18. The van der Waals surface area contributed by atoms with Gasteiger partial charge in [-0.3, -0.25) is 0 Å². The zero-order chi connectivity index (χ0) is 12.3. The summed E-state index contributed by atoms with van der Waals surface area (Å²) in [5.74, 6) is 1.44. The van der Waals surface area contributed by atoms with Crippen LogP contribution in [0.3, 0.4) is 0 Å². The third-order valence-electron chi connectivity index (χ3n) is 2.45. The van der Waals surface area contributed by atoms with E-state index in [2.05, 4.69) is 16.3 Å². The molecule has 0 saturated carbocycles. The average molecular weight is 249 g/mol. The summed E-state index contributed by atoms with van der Waals surface area (Å²) in [4.78, 5) is 4.24. The van der Waals surface area contributed by atoms with E-state index in [-0.39, 0.29) is 0 Å². The van der Waals surface area contributed by atoms with E-state index in [4.69, 9.17) is 10.5 Å². The van der Waals surface area contributed by atoms with Gasteiger partial charge in [0.25, 0.3) is 5.19 Å². The van der Waals surface area contributed by atoms with Crippen LogP contribution in [-0.2, 0) is 12.8 Å². The summed E-state index contributed by atoms with van der Waals surface area (Å²) in [5.41, 5.74) is 7.75. The molecule has 1 aromatic heterocycles. The van der Waals surface area contributed by atoms with Crippen LogP contribution in [0, 0.1) is 0 Å². The fourth-order valence-corrected chi connectivity index (χ4v) is 2.05. The molecule has 90 valence electrons. The number of hydrogen-bond donors (Lipinski definition) is 1. The molecule has 0 fully saturated rings. The minimum absolute atomic E-state index is 0.540. The standard InChI is InChI=1S/C12H15N3OS/c1-3-8-5-6-10(9(13)7-8)16-12-14-11(4-2)15-17-12/h5-7H,3-4,13H2,1-2H3. The number of aromatic nitrogens is 2. The molecule has 17 heavy (non-hydrogen) atoms. The van der Waals surface area contributed by atoms with Crippen molar-refractivity contribution in [3.05, 3.63) is 29.6 Å². The number of ether oxygens (including phenoxy) is 1. The molecule has 1 heterocycles. The molecule has 0 aliphatic rings. The molecule has 0 spiro atoms. The van der Waals surface area contributed by atoms with E-state index in [1.54, 1.807) is 0 Å². The topological polar surface area (TPSA) is 61.0 Å². The fraction of sp³-hybridized carbons (Fsp3) is 0.333. The lowest BCUT2D eigenvalue weighted by molar-refractivity contribution is 0.479. The van der Waals surface area contributed by atoms with Crippen molar-refractivity contribution in [1.29, 1.82) is 0 Å². The zero-order valence-electron chi connectivity index (χ0n) is 9.93. The second kappa shape index (κ2) is 5.14. The number of rotatable bonds is 4. The summed E-state index contributed by atoms with van der Waals surface area (Å²) in [5, 5.41) is 0.540. The first-order valence-corrected chi connectivity index (χ1v) is 6.39. The molecule has 4 nitrogen and oxygen atoms in total. The second-order valence-corrected chi connectivity index (χ2v) is 4.37. The predicted molar refractivity (Wildman–Crippen MR) is 69.6 cm³/mol. The van der Waals surface area contributed by atoms with Crippen molar-refractivity contribution < 1.29 is 4.74 Å². The number of nitrogens with two attached hydrogens (primary N) is 1. The first kappa shape index (κ1) is 11.9. The highest BCUT2D eigenvalue weighted by Gasteiger charge is 2.07. The molecule has 2 rings (SSSR count). The van der Waals surface area contributed by atoms with Crippen LogP contribution in [0.4, 0.5) is 5.69 Å². The highest BCUT2D eigenvalue weighted by Crippen LogP contribution is 2.29. The molecule has 0 saturated heterocycles. The molecule has 0 aliphatic carbocycles. The van der Waals surface area contributed by atoms with E-state index in [9.17, 15) is 0 Å². The summed E-state index contributed by atoms with van der Waals surface area (Å²) in [6.07, 6.45) is 1.77. The molecule has 0 amide bonds. The number of nitrogen functional groups attached to an aromatic ring is 1. The maximum absolute atomic E-state index is 5.92. The van der Waals surface area contributed by atoms with E-state index < -0.39 is 0 Å². The molecular weight excluding hydrogens is 234 g/mol. The van der Waals surface area contributed by atoms with Gasteiger partial charge in [0.15, 0.2) is 5.75 Å². The molecule has 5 heteroatoms. The van der Waals surface area contributed by atoms with Crippen LogP contribution >= 0.6 is 11.5 Å². The van der Waals surface area contributed by atoms with Gasteiger partial charge in [-0.05, 0) is 24.1 Å². The van der Waals surface area contributed by atoms with Gasteiger partial charge in [-0.15, -0.1) is 0 Å². The van der Waals surface area contributed by atoms with Crippen LogP contribution in [-0.4, -0.2) is 9.36 Å². The minimum Gasteiger partial charge on any atom is -0.428 e. The van der Waals surface area contributed by atoms with Crippen LogP contribution in [0.15, 0.2) is 18.2 Å². The lowest BCUT2D eigenvalue weighted by atomic mass is 10.1. The zero-order valence-corrected chi connectivity index (χ0v) is 10.8. The van der Waals surface area contributed by atoms with Crippen LogP contribution < -0.4 is 10.5 Å². The summed E-state index contributed by atoms with van der Waals surface area (Å²) in [7, 11) is 0. The third-order valence-corrected chi connectivity index (χ3v) is 3.08. The summed E-state index contributed by atoms with van der Waals surface area (Å²) >= 11 is 1.25. The van der Waals surface area contributed by atoms with Crippen LogP contribution in [0.1, 0.15) is 25.2 Å². The SMILES string of the molecule is CCc1ccc(Oc2nc(CC)ns2)c(N)c1. The van der Waals surface area contributed by atoms with E-state index in [0.29, 0.717) is 16.6 Å². The Bertz CT molecular complexity index is 510. The van der Waals surface area contributed by atoms with Gasteiger partial charge < -0.3 is 10.5 Å². The van der Waals surface area contributed by atoms with Gasteiger partial charge in [-0.1, -0.05) is 19.9 Å². The first-order chi connectivity index (χ1) is 8.22. The van der Waals surface area contributed by atoms with Gasteiger partial charge in [0.05, 0.1) is 5.69 Å². The van der Waals surface area contributed by atoms with Crippen molar-refractivity contribution in [2.75, 3.05) is 5.73 Å². The summed E-state index contributed by atoms with van der Waals surface area (Å²) < 4.78 is 9.77. The van der Waals surface area contributed by atoms with Crippen LogP contribution in [0.25, 0.3) is 0 Å². The number of nitrogens with zero attached hydrogens (tertiary/aromatic N) is 2. The van der Waals surface area contributed by atoms with Crippen molar-refractivity contribution in [3.8, 4) is 10.9 Å². The third kappa shape index (κ3) is 2.74. The molecule has 0 bridgehead atoms. The van der Waals surface area contributed by atoms with Crippen molar-refractivity contribution in [2.45, 2.75) is 26.7 Å². The Morgan fingerprint density at radius 1 is 1.29 bits per heavy atom. The van der Waals surface area contributed by atoms with Gasteiger partial charge in [-0.2, -0.15) is 9.36 Å². The maximum atomic E-state index is 5.92. The number of hydrogen-bond acceptors (Lipinski definition) is 5. The Morgan fingerprint density at radius 2 is 2.12 bits per heavy atom. The maximum Gasteiger partial charge on any atom is 0.298 e. The second-order valence-electron chi connectivity index (χ2n) is 3.66. The Labute approximate surface area is 105 Å². The number of anilines is 1. The molecule has 0 radical (unpaired) electrons. The van der Waals surface area contributed by atoms with Crippen molar-refractivity contribution in [2.24, 2.45) is 0 Å². The lowest BCUT2D eigenvalue weighted by Crippen LogP contribution is -1.93. The highest BCUT2D eigenvalue weighted by molar-refractivity contribution is 7.07. The van der Waals surface area contributed by atoms with Crippen molar-refractivity contribution in [1.82, 2.24) is 9.36 Å². The fourth-order valence-electron chi connectivity index (χ4n) is 1.43. The molecular formula is C12H15N3OS. The van der Waals surface area contributed by atoms with Gasteiger partial charge in [-0.25, -0.2) is 0 Å². The highest BCUT2D eigenvalue weighted by atomic mass is 32.1. The van der Waals surface area contributed by atoms with Crippen LogP contribution in [0.2, 0.25) is 0 Å². The largest absolute Gasteiger partial charge is 0.428 e. The van der Waals surface area contributed by atoms with Gasteiger partial charge in [0.2, 0.25) is 0 Å². The van der Waals surface area contributed by atoms with E-state index in [0.717, 1.165) is 18.7 Å². The van der Waals surface area contributed by atoms with Crippen LogP contribution in [0.5, 0.6) is 10.9 Å². The Morgan fingerprint density at radius 3 is 2.71 bits per heavy atom. The van der Waals surface area contributed by atoms with Gasteiger partial charge in [0, 0.05) is 18.0 Å². The first-order valence-electron chi connectivity index (χ1n) is 5.61. The summed E-state index contributed by atoms with van der Waals surface area (Å²) in [6, 6.07) is 5.81. The minimum atomic E-state index is 0.540. The quantitative estimate of drug-likeness (QED) is 0.846. The molecule has 2 aromatic rings. The van der Waals surface area contributed by atoms with Crippen molar-refractivity contribution in [3.63, 3.8) is 0 Å². The summed E-state index contributed by atoms with van der Waals surface area (Å²) in [6.45, 7) is 4.10. The Kier molecular flexibility index (Phi) is 3.58. The monoisotopic (exact) mass is 249 g/mol.